The van der Waals surface area contributed by atoms with E-state index in [0.717, 1.165) is 54.4 Å². The predicted octanol–water partition coefficient (Wildman–Crippen LogP) is 4.41. The molecule has 1 aliphatic heterocycles. The molecule has 2 N–H and O–H groups in total. The van der Waals surface area contributed by atoms with E-state index < -0.39 is 11.5 Å². The molecule has 0 saturated carbocycles. The number of fused-ring (bicyclic) bond motifs is 1. The molecule has 7 heteroatoms. The van der Waals surface area contributed by atoms with E-state index in [1.165, 1.54) is 5.56 Å². The molecule has 0 amide bonds. The van der Waals surface area contributed by atoms with Gasteiger partial charge >= 0.3 is 5.97 Å². The zero-order valence-corrected chi connectivity index (χ0v) is 21.0. The smallest absolute Gasteiger partial charge is 0.344 e. The summed E-state index contributed by atoms with van der Waals surface area (Å²) in [5, 5.41) is 13.9. The molecular weight excluding hydrogens is 454 g/mol. The van der Waals surface area contributed by atoms with Crippen molar-refractivity contribution in [2.45, 2.75) is 57.9 Å². The monoisotopic (exact) mass is 487 g/mol. The third-order valence-corrected chi connectivity index (χ3v) is 6.98. The molecule has 36 heavy (non-hydrogen) atoms. The van der Waals surface area contributed by atoms with E-state index in [-0.39, 0.29) is 12.4 Å². The van der Waals surface area contributed by atoms with Gasteiger partial charge in [0.15, 0.2) is 12.4 Å². The largest absolute Gasteiger partial charge is 0.482 e. The normalized spacial score (nSPS) is 17.1. The van der Waals surface area contributed by atoms with E-state index in [4.69, 9.17) is 9.47 Å². The molecule has 1 aromatic heterocycles. The number of nitriles is 1. The van der Waals surface area contributed by atoms with E-state index in [1.807, 2.05) is 36.4 Å². The first-order valence-corrected chi connectivity index (χ1v) is 12.7. The molecule has 1 atom stereocenters. The fourth-order valence-corrected chi connectivity index (χ4v) is 5.18. The predicted molar refractivity (Wildman–Crippen MR) is 138 cm³/mol. The molecule has 0 unspecified atom stereocenters. The zero-order chi connectivity index (χ0) is 25.5. The lowest BCUT2D eigenvalue weighted by Gasteiger charge is -2.28. The van der Waals surface area contributed by atoms with Crippen LogP contribution in [-0.4, -0.2) is 42.0 Å². The van der Waals surface area contributed by atoms with Crippen LogP contribution in [0.25, 0.3) is 10.9 Å². The van der Waals surface area contributed by atoms with Crippen molar-refractivity contribution in [3.63, 3.8) is 0 Å². The lowest BCUT2D eigenvalue weighted by Crippen LogP contribution is -2.48. The number of rotatable bonds is 11. The van der Waals surface area contributed by atoms with Crippen molar-refractivity contribution in [3.05, 3.63) is 64.8 Å². The highest BCUT2D eigenvalue weighted by Gasteiger charge is 2.40. The fraction of sp³-hybridized carbons (Fsp3) is 0.414. The molecule has 0 radical (unpaired) electrons. The highest BCUT2D eigenvalue weighted by molar-refractivity contribution is 5.91. The molecule has 0 aliphatic carbocycles. The first-order valence-electron chi connectivity index (χ1n) is 12.7. The fourth-order valence-electron chi connectivity index (χ4n) is 5.18. The molecule has 188 valence electrons. The van der Waals surface area contributed by atoms with Crippen LogP contribution < -0.4 is 10.1 Å². The van der Waals surface area contributed by atoms with Crippen LogP contribution >= 0.6 is 0 Å². The molecule has 0 spiro atoms. The van der Waals surface area contributed by atoms with Crippen molar-refractivity contribution in [1.82, 2.24) is 10.3 Å². The van der Waals surface area contributed by atoms with Gasteiger partial charge in [0.2, 0.25) is 0 Å². The van der Waals surface area contributed by atoms with Gasteiger partial charge < -0.3 is 19.8 Å². The van der Waals surface area contributed by atoms with Gasteiger partial charge in [0.1, 0.15) is 5.75 Å². The molecule has 1 saturated heterocycles. The van der Waals surface area contributed by atoms with Gasteiger partial charge in [0.05, 0.1) is 23.8 Å². The number of carbonyl (C=O) groups is 2. The molecule has 1 fully saturated rings. The Bertz CT molecular complexity index is 1280. The molecule has 0 bridgehead atoms. The maximum absolute atomic E-state index is 13.6. The average Bonchev–Trinajstić information content (AvgIpc) is 3.51. The number of nitrogens with one attached hydrogen (secondary N) is 2. The molecule has 7 nitrogen and oxygen atoms in total. The van der Waals surface area contributed by atoms with E-state index in [2.05, 4.69) is 23.3 Å². The highest BCUT2D eigenvalue weighted by atomic mass is 16.6. The second kappa shape index (κ2) is 11.4. The number of aryl methyl sites for hydroxylation is 2. The van der Waals surface area contributed by atoms with Crippen LogP contribution in [0.1, 0.15) is 55.5 Å². The second-order valence-corrected chi connectivity index (χ2v) is 9.26. The van der Waals surface area contributed by atoms with Crippen molar-refractivity contribution < 1.29 is 19.1 Å². The van der Waals surface area contributed by atoms with Crippen LogP contribution in [0.15, 0.2) is 42.5 Å². The van der Waals surface area contributed by atoms with Gasteiger partial charge in [-0.05, 0) is 81.0 Å². The first-order chi connectivity index (χ1) is 17.5. The summed E-state index contributed by atoms with van der Waals surface area (Å²) >= 11 is 0. The van der Waals surface area contributed by atoms with Crippen molar-refractivity contribution in [3.8, 4) is 11.8 Å². The van der Waals surface area contributed by atoms with Crippen LogP contribution in [0.4, 0.5) is 0 Å². The number of aromatic nitrogens is 1. The van der Waals surface area contributed by atoms with Gasteiger partial charge in [0.25, 0.3) is 0 Å². The Labute approximate surface area is 211 Å². The summed E-state index contributed by atoms with van der Waals surface area (Å²) < 4.78 is 10.5. The van der Waals surface area contributed by atoms with E-state index in [0.29, 0.717) is 30.8 Å². The van der Waals surface area contributed by atoms with Gasteiger partial charge in [-0.3, -0.25) is 4.79 Å². The van der Waals surface area contributed by atoms with Crippen LogP contribution in [0.5, 0.6) is 5.75 Å². The Morgan fingerprint density at radius 3 is 2.75 bits per heavy atom. The Morgan fingerprint density at radius 1 is 1.17 bits per heavy atom. The number of hydrogen-bond donors (Lipinski definition) is 2. The third-order valence-electron chi connectivity index (χ3n) is 6.98. The third kappa shape index (κ3) is 5.60. The molecule has 4 rings (SSSR count). The van der Waals surface area contributed by atoms with Crippen LogP contribution in [-0.2, 0) is 33.6 Å². The summed E-state index contributed by atoms with van der Waals surface area (Å²) in [6.45, 7) is 4.87. The van der Waals surface area contributed by atoms with E-state index in [1.54, 1.807) is 13.0 Å². The molecule has 1 aliphatic rings. The van der Waals surface area contributed by atoms with Gasteiger partial charge in [-0.1, -0.05) is 25.1 Å². The number of aromatic amines is 1. The van der Waals surface area contributed by atoms with Crippen molar-refractivity contribution in [1.29, 1.82) is 5.26 Å². The molecule has 3 aromatic rings. The molecular formula is C29H33N3O4. The number of Topliss-reactive ketones (excluding diaryl/α,β-unsaturated/α-hetero) is 1. The van der Waals surface area contributed by atoms with Crippen molar-refractivity contribution in [2.75, 3.05) is 19.8 Å². The average molecular weight is 488 g/mol. The Morgan fingerprint density at radius 2 is 2.03 bits per heavy atom. The minimum atomic E-state index is -0.568. The number of ether oxygens (including phenoxy) is 2. The Hall–Kier alpha value is -3.63. The maximum atomic E-state index is 13.6. The summed E-state index contributed by atoms with van der Waals surface area (Å²) in [5.74, 6) is 0.299. The van der Waals surface area contributed by atoms with Gasteiger partial charge in [-0.25, -0.2) is 4.79 Å². The van der Waals surface area contributed by atoms with Gasteiger partial charge in [-0.2, -0.15) is 5.26 Å². The highest BCUT2D eigenvalue weighted by Crippen LogP contribution is 2.31. The van der Waals surface area contributed by atoms with E-state index >= 15 is 0 Å². The van der Waals surface area contributed by atoms with E-state index in [9.17, 15) is 14.9 Å². The van der Waals surface area contributed by atoms with Crippen molar-refractivity contribution >= 4 is 22.7 Å². The Balaban J connectivity index is 1.47. The summed E-state index contributed by atoms with van der Waals surface area (Å²) in [6.07, 6.45) is 4.41. The van der Waals surface area contributed by atoms with Gasteiger partial charge in [0, 0.05) is 23.0 Å². The second-order valence-electron chi connectivity index (χ2n) is 9.26. The zero-order valence-electron chi connectivity index (χ0n) is 21.0. The quantitative estimate of drug-likeness (QED) is 0.388. The number of carbonyl (C=O) groups excluding carboxylic acids is 2. The summed E-state index contributed by atoms with van der Waals surface area (Å²) in [4.78, 5) is 28.7. The molecule has 2 aromatic carbocycles. The van der Waals surface area contributed by atoms with Crippen LogP contribution in [0.3, 0.4) is 0 Å². The standard InChI is InChI=1S/C29H33N3O4/c1-3-23-24-10-9-21(18-30)16-26(24)32-25(23)11-13-29(12-6-14-31-29)27(33)17-20-7-5-8-22(15-20)36-19-28(34)35-4-2/h5,7-10,15-16,31-32H,3-4,6,11-14,17,19H2,1-2H3/t29-/m0/s1. The van der Waals surface area contributed by atoms with Crippen molar-refractivity contribution in [2.24, 2.45) is 0 Å². The lowest BCUT2D eigenvalue weighted by molar-refractivity contribution is -0.145. The number of ketones is 1. The number of H-pyrrole nitrogens is 1. The summed E-state index contributed by atoms with van der Waals surface area (Å²) in [5.41, 5.74) is 4.29. The van der Waals surface area contributed by atoms with Gasteiger partial charge in [-0.15, -0.1) is 0 Å². The lowest BCUT2D eigenvalue weighted by atomic mass is 9.83. The first kappa shape index (κ1) is 25.5. The SMILES string of the molecule is CCOC(=O)COc1cccc(CC(=O)[C@@]2(CCc3[nH]c4cc(C#N)ccc4c3CC)CCCN2)c1. The number of benzene rings is 2. The number of esters is 1. The maximum Gasteiger partial charge on any atom is 0.344 e. The Kier molecular flexibility index (Phi) is 8.07. The minimum Gasteiger partial charge on any atom is -0.482 e. The number of hydrogen-bond acceptors (Lipinski definition) is 6. The molecule has 2 heterocycles. The topological polar surface area (TPSA) is 104 Å². The summed E-state index contributed by atoms with van der Waals surface area (Å²) in [6, 6.07) is 15.3. The minimum absolute atomic E-state index is 0.156. The van der Waals surface area contributed by atoms with Crippen LogP contribution in [0.2, 0.25) is 0 Å². The number of nitrogens with zero attached hydrogens (tertiary/aromatic N) is 1. The summed E-state index contributed by atoms with van der Waals surface area (Å²) in [7, 11) is 0. The van der Waals surface area contributed by atoms with Crippen LogP contribution in [0, 0.1) is 11.3 Å².